The lowest BCUT2D eigenvalue weighted by Crippen LogP contribution is -1.98. The van der Waals surface area contributed by atoms with Crippen LogP contribution >= 0.6 is 23.2 Å². The number of benzene rings is 1. The molecule has 23 heavy (non-hydrogen) atoms. The Morgan fingerprint density at radius 1 is 1.00 bits per heavy atom. The maximum atomic E-state index is 6.17. The molecule has 0 bridgehead atoms. The molecule has 0 radical (unpaired) electrons. The van der Waals surface area contributed by atoms with Crippen LogP contribution in [0.15, 0.2) is 36.4 Å². The van der Waals surface area contributed by atoms with Crippen molar-refractivity contribution >= 4 is 39.9 Å². The average molecular weight is 344 g/mol. The molecule has 0 aliphatic rings. The monoisotopic (exact) mass is 343 g/mol. The Morgan fingerprint density at radius 3 is 2.48 bits per heavy atom. The van der Waals surface area contributed by atoms with Gasteiger partial charge in [-0.15, -0.1) is 0 Å². The summed E-state index contributed by atoms with van der Waals surface area (Å²) in [6, 6.07) is 11.1. The zero-order chi connectivity index (χ0) is 16.0. The Kier molecular flexibility index (Phi) is 3.39. The average Bonchev–Trinajstić information content (AvgIpc) is 2.97. The lowest BCUT2D eigenvalue weighted by molar-refractivity contribution is 0.935. The van der Waals surface area contributed by atoms with E-state index in [1.165, 1.54) is 0 Å². The van der Waals surface area contributed by atoms with Crippen molar-refractivity contribution in [3.63, 3.8) is 0 Å². The summed E-state index contributed by atoms with van der Waals surface area (Å²) in [5.41, 5.74) is 4.58. The highest BCUT2D eigenvalue weighted by Crippen LogP contribution is 2.25. The molecule has 0 amide bonds. The third-order valence-electron chi connectivity index (χ3n) is 3.57. The second kappa shape index (κ2) is 5.44. The van der Waals surface area contributed by atoms with Crippen molar-refractivity contribution in [2.45, 2.75) is 13.3 Å². The van der Waals surface area contributed by atoms with E-state index in [4.69, 9.17) is 28.2 Å². The number of hydrogen-bond donors (Lipinski definition) is 0. The van der Waals surface area contributed by atoms with E-state index in [9.17, 15) is 0 Å². The number of nitrogens with zero attached hydrogens (tertiary/aromatic N) is 5. The maximum absolute atomic E-state index is 6.17. The van der Waals surface area contributed by atoms with Crippen LogP contribution in [-0.2, 0) is 6.42 Å². The number of fused-ring (bicyclic) bond motifs is 2. The van der Waals surface area contributed by atoms with Crippen LogP contribution < -0.4 is 0 Å². The van der Waals surface area contributed by atoms with Crippen LogP contribution in [0.25, 0.3) is 28.1 Å². The first-order valence-electron chi connectivity index (χ1n) is 7.13. The van der Waals surface area contributed by atoms with Crippen molar-refractivity contribution in [2.75, 3.05) is 0 Å². The molecule has 3 heterocycles. The van der Waals surface area contributed by atoms with Gasteiger partial charge < -0.3 is 0 Å². The number of rotatable bonds is 2. The summed E-state index contributed by atoms with van der Waals surface area (Å²) in [6.45, 7) is 2.04. The molecule has 114 valence electrons. The van der Waals surface area contributed by atoms with Crippen LogP contribution in [0.1, 0.15) is 12.6 Å². The fourth-order valence-corrected chi connectivity index (χ4v) is 2.99. The molecular weight excluding hydrogens is 333 g/mol. The second-order valence-electron chi connectivity index (χ2n) is 5.06. The third-order valence-corrected chi connectivity index (χ3v) is 4.04. The molecule has 0 spiro atoms. The van der Waals surface area contributed by atoms with Gasteiger partial charge in [0.15, 0.2) is 5.65 Å². The van der Waals surface area contributed by atoms with Crippen LogP contribution in [-0.4, -0.2) is 24.6 Å². The number of halogens is 2. The molecule has 0 unspecified atom stereocenters. The van der Waals surface area contributed by atoms with E-state index in [2.05, 4.69) is 15.1 Å². The van der Waals surface area contributed by atoms with Crippen molar-refractivity contribution in [3.05, 3.63) is 52.4 Å². The zero-order valence-electron chi connectivity index (χ0n) is 12.2. The van der Waals surface area contributed by atoms with E-state index < -0.39 is 0 Å². The minimum Gasteiger partial charge on any atom is -0.249 e. The molecule has 4 rings (SSSR count). The van der Waals surface area contributed by atoms with Gasteiger partial charge in [0.05, 0.1) is 16.7 Å². The summed E-state index contributed by atoms with van der Waals surface area (Å²) >= 11 is 12.1. The molecule has 0 fully saturated rings. The van der Waals surface area contributed by atoms with Gasteiger partial charge >= 0.3 is 0 Å². The van der Waals surface area contributed by atoms with Gasteiger partial charge in [-0.25, -0.2) is 19.5 Å². The molecule has 3 aromatic heterocycles. The first kappa shape index (κ1) is 14.4. The van der Waals surface area contributed by atoms with Gasteiger partial charge in [0.2, 0.25) is 0 Å². The van der Waals surface area contributed by atoms with Gasteiger partial charge in [-0.05, 0) is 18.6 Å². The Balaban J connectivity index is 1.99. The highest BCUT2D eigenvalue weighted by Gasteiger charge is 2.15. The SMILES string of the molecule is CCc1nc2ccccc2nc1-c1cc2nc(Cl)cc(Cl)n2n1. The topological polar surface area (TPSA) is 56.0 Å². The maximum Gasteiger partial charge on any atom is 0.159 e. The first-order chi connectivity index (χ1) is 11.2. The summed E-state index contributed by atoms with van der Waals surface area (Å²) < 4.78 is 1.54. The predicted octanol–water partition coefficient (Wildman–Crippen LogP) is 4.21. The quantitative estimate of drug-likeness (QED) is 0.511. The van der Waals surface area contributed by atoms with Crippen LogP contribution in [0.4, 0.5) is 0 Å². The number of hydrogen-bond acceptors (Lipinski definition) is 4. The van der Waals surface area contributed by atoms with Crippen molar-refractivity contribution in [3.8, 4) is 11.4 Å². The molecular formula is C16H11Cl2N5. The fourth-order valence-electron chi connectivity index (χ4n) is 2.51. The lowest BCUT2D eigenvalue weighted by Gasteiger charge is -2.05. The molecule has 0 aliphatic carbocycles. The van der Waals surface area contributed by atoms with Crippen LogP contribution in [0.3, 0.4) is 0 Å². The minimum absolute atomic E-state index is 0.328. The highest BCUT2D eigenvalue weighted by molar-refractivity contribution is 6.33. The van der Waals surface area contributed by atoms with Crippen LogP contribution in [0, 0.1) is 0 Å². The summed E-state index contributed by atoms with van der Waals surface area (Å²) in [5, 5.41) is 5.23. The van der Waals surface area contributed by atoms with Crippen LogP contribution in [0.2, 0.25) is 10.3 Å². The minimum atomic E-state index is 0.328. The molecule has 4 aromatic rings. The van der Waals surface area contributed by atoms with E-state index in [0.29, 0.717) is 21.6 Å². The second-order valence-corrected chi connectivity index (χ2v) is 5.84. The van der Waals surface area contributed by atoms with Crippen molar-refractivity contribution in [2.24, 2.45) is 0 Å². The fraction of sp³-hybridized carbons (Fsp3) is 0.125. The van der Waals surface area contributed by atoms with Gasteiger partial charge in [0.1, 0.15) is 21.7 Å². The largest absolute Gasteiger partial charge is 0.249 e. The molecule has 7 heteroatoms. The number of para-hydroxylation sites is 2. The van der Waals surface area contributed by atoms with Gasteiger partial charge in [0, 0.05) is 12.1 Å². The molecule has 5 nitrogen and oxygen atoms in total. The Labute approximate surface area is 141 Å². The van der Waals surface area contributed by atoms with Gasteiger partial charge in [-0.3, -0.25) is 0 Å². The van der Waals surface area contributed by atoms with Crippen LogP contribution in [0.5, 0.6) is 0 Å². The van der Waals surface area contributed by atoms with Gasteiger partial charge in [-0.2, -0.15) is 5.10 Å². The first-order valence-corrected chi connectivity index (χ1v) is 7.89. The van der Waals surface area contributed by atoms with Gasteiger partial charge in [0.25, 0.3) is 0 Å². The van der Waals surface area contributed by atoms with Gasteiger partial charge in [-0.1, -0.05) is 42.3 Å². The van der Waals surface area contributed by atoms with E-state index in [1.807, 2.05) is 37.3 Å². The summed E-state index contributed by atoms with van der Waals surface area (Å²) in [4.78, 5) is 13.6. The van der Waals surface area contributed by atoms with Crippen molar-refractivity contribution in [1.29, 1.82) is 0 Å². The summed E-state index contributed by atoms with van der Waals surface area (Å²) in [5.74, 6) is 0. The lowest BCUT2D eigenvalue weighted by atomic mass is 10.1. The van der Waals surface area contributed by atoms with E-state index in [0.717, 1.165) is 28.8 Å². The Bertz CT molecular complexity index is 1040. The van der Waals surface area contributed by atoms with E-state index >= 15 is 0 Å². The number of aromatic nitrogens is 5. The smallest absolute Gasteiger partial charge is 0.159 e. The van der Waals surface area contributed by atoms with E-state index in [1.54, 1.807) is 10.6 Å². The Morgan fingerprint density at radius 2 is 1.74 bits per heavy atom. The normalized spacial score (nSPS) is 11.4. The van der Waals surface area contributed by atoms with Crippen molar-refractivity contribution < 1.29 is 0 Å². The van der Waals surface area contributed by atoms with Crippen molar-refractivity contribution in [1.82, 2.24) is 24.6 Å². The predicted molar refractivity (Wildman–Crippen MR) is 90.9 cm³/mol. The highest BCUT2D eigenvalue weighted by atomic mass is 35.5. The molecule has 0 saturated carbocycles. The summed E-state index contributed by atoms with van der Waals surface area (Å²) in [7, 11) is 0. The zero-order valence-corrected chi connectivity index (χ0v) is 13.7. The molecule has 0 atom stereocenters. The number of aryl methyl sites for hydroxylation is 1. The Hall–Kier alpha value is -2.24. The molecule has 0 N–H and O–H groups in total. The van der Waals surface area contributed by atoms with E-state index in [-0.39, 0.29) is 0 Å². The molecule has 1 aromatic carbocycles. The molecule has 0 saturated heterocycles. The standard InChI is InChI=1S/C16H11Cl2N5/c1-2-9-16(20-11-6-4-3-5-10(11)19-9)12-7-15-21-13(17)8-14(18)23(15)22-12/h3-8H,2H2,1H3. The summed E-state index contributed by atoms with van der Waals surface area (Å²) in [6.07, 6.45) is 0.753. The molecule has 0 aliphatic heterocycles. The third kappa shape index (κ3) is 2.42.